The summed E-state index contributed by atoms with van der Waals surface area (Å²) in [7, 11) is 0. The highest BCUT2D eigenvalue weighted by atomic mass is 32.2. The van der Waals surface area contributed by atoms with Crippen molar-refractivity contribution in [3.8, 4) is 0 Å². The molecule has 5 nitrogen and oxygen atoms in total. The summed E-state index contributed by atoms with van der Waals surface area (Å²) in [5.41, 5.74) is 7.39. The van der Waals surface area contributed by atoms with E-state index in [1.54, 1.807) is 18.7 Å². The number of fused-ring (bicyclic) bond motifs is 1. The quantitative estimate of drug-likeness (QED) is 0.800. The second-order valence-corrected chi connectivity index (χ2v) is 6.89. The maximum absolute atomic E-state index is 12.7. The highest BCUT2D eigenvalue weighted by Gasteiger charge is 2.35. The summed E-state index contributed by atoms with van der Waals surface area (Å²) in [6.07, 6.45) is 0. The molecule has 24 heavy (non-hydrogen) atoms. The van der Waals surface area contributed by atoms with Crippen LogP contribution >= 0.6 is 11.8 Å². The smallest absolute Gasteiger partial charge is 0.248 e. The van der Waals surface area contributed by atoms with Gasteiger partial charge in [0.2, 0.25) is 11.8 Å². The summed E-state index contributed by atoms with van der Waals surface area (Å²) in [6, 6.07) is 15.9. The highest BCUT2D eigenvalue weighted by Crippen LogP contribution is 2.43. The van der Waals surface area contributed by atoms with E-state index in [0.717, 1.165) is 16.1 Å². The molecule has 0 spiro atoms. The van der Waals surface area contributed by atoms with Gasteiger partial charge in [0, 0.05) is 4.90 Å². The number of carbonyl (C=O) groups excluding carboxylic acids is 2. The first-order valence-corrected chi connectivity index (χ1v) is 8.61. The van der Waals surface area contributed by atoms with Crippen LogP contribution in [0.1, 0.15) is 17.7 Å². The number of anilines is 1. The fourth-order valence-corrected chi connectivity index (χ4v) is 3.85. The normalized spacial score (nSPS) is 21.2. The third-order valence-electron chi connectivity index (χ3n) is 3.82. The SMILES string of the molecule is C[C@H](N)C(=O)N[C@H]1C(=O)Nc2ccccc2S[C@H]1c1ccccc1. The number of benzene rings is 2. The van der Waals surface area contributed by atoms with Gasteiger partial charge in [-0.2, -0.15) is 0 Å². The van der Waals surface area contributed by atoms with Crippen molar-refractivity contribution in [2.45, 2.75) is 29.2 Å². The van der Waals surface area contributed by atoms with Crippen molar-refractivity contribution in [3.05, 3.63) is 60.2 Å². The van der Waals surface area contributed by atoms with Gasteiger partial charge >= 0.3 is 0 Å². The summed E-state index contributed by atoms with van der Waals surface area (Å²) in [5.74, 6) is -0.585. The van der Waals surface area contributed by atoms with E-state index in [4.69, 9.17) is 5.73 Å². The van der Waals surface area contributed by atoms with E-state index < -0.39 is 12.1 Å². The van der Waals surface area contributed by atoms with Gasteiger partial charge < -0.3 is 16.4 Å². The number of thioether (sulfide) groups is 1. The molecule has 1 heterocycles. The average Bonchev–Trinajstić information content (AvgIpc) is 2.72. The number of hydrogen-bond donors (Lipinski definition) is 3. The fraction of sp³-hybridized carbons (Fsp3) is 0.222. The van der Waals surface area contributed by atoms with E-state index in [1.807, 2.05) is 54.6 Å². The molecule has 0 aliphatic carbocycles. The van der Waals surface area contributed by atoms with Crippen molar-refractivity contribution >= 4 is 29.3 Å². The molecule has 0 fully saturated rings. The van der Waals surface area contributed by atoms with Crippen molar-refractivity contribution in [2.24, 2.45) is 5.73 Å². The average molecular weight is 341 g/mol. The van der Waals surface area contributed by atoms with Crippen LogP contribution in [0.25, 0.3) is 0 Å². The third kappa shape index (κ3) is 3.44. The highest BCUT2D eigenvalue weighted by molar-refractivity contribution is 7.99. The number of carbonyl (C=O) groups is 2. The first-order chi connectivity index (χ1) is 11.6. The number of rotatable bonds is 3. The molecule has 1 aliphatic heterocycles. The molecule has 124 valence electrons. The Morgan fingerprint density at radius 3 is 2.54 bits per heavy atom. The van der Waals surface area contributed by atoms with Crippen LogP contribution in [0.15, 0.2) is 59.5 Å². The summed E-state index contributed by atoms with van der Waals surface area (Å²) in [5, 5.41) is 5.46. The lowest BCUT2D eigenvalue weighted by atomic mass is 10.0. The second kappa shape index (κ2) is 7.07. The number of nitrogens with two attached hydrogens (primary N) is 1. The van der Waals surface area contributed by atoms with Crippen LogP contribution in [-0.4, -0.2) is 23.9 Å². The minimum absolute atomic E-state index is 0.238. The number of para-hydroxylation sites is 1. The Morgan fingerprint density at radius 1 is 1.17 bits per heavy atom. The van der Waals surface area contributed by atoms with E-state index >= 15 is 0 Å². The van der Waals surface area contributed by atoms with Crippen molar-refractivity contribution in [1.29, 1.82) is 0 Å². The number of amides is 2. The summed E-state index contributed by atoms with van der Waals surface area (Å²) in [4.78, 5) is 25.8. The van der Waals surface area contributed by atoms with Gasteiger partial charge in [-0.15, -0.1) is 11.8 Å². The topological polar surface area (TPSA) is 84.2 Å². The third-order valence-corrected chi connectivity index (χ3v) is 5.23. The van der Waals surface area contributed by atoms with E-state index in [0.29, 0.717) is 0 Å². The van der Waals surface area contributed by atoms with E-state index in [2.05, 4.69) is 10.6 Å². The van der Waals surface area contributed by atoms with Crippen molar-refractivity contribution in [2.75, 3.05) is 5.32 Å². The van der Waals surface area contributed by atoms with Crippen LogP contribution in [0.2, 0.25) is 0 Å². The zero-order valence-corrected chi connectivity index (χ0v) is 14.0. The van der Waals surface area contributed by atoms with E-state index in [9.17, 15) is 9.59 Å². The molecule has 6 heteroatoms. The molecular formula is C18H19N3O2S. The lowest BCUT2D eigenvalue weighted by Crippen LogP contribution is -2.50. The van der Waals surface area contributed by atoms with Gasteiger partial charge in [-0.3, -0.25) is 9.59 Å². The van der Waals surface area contributed by atoms with Crippen LogP contribution in [0.4, 0.5) is 5.69 Å². The van der Waals surface area contributed by atoms with Gasteiger partial charge in [-0.05, 0) is 24.6 Å². The summed E-state index contributed by atoms with van der Waals surface area (Å²) >= 11 is 1.56. The molecule has 2 aromatic carbocycles. The Kier molecular flexibility index (Phi) is 4.87. The van der Waals surface area contributed by atoms with E-state index in [-0.39, 0.29) is 17.1 Å². The molecule has 4 N–H and O–H groups in total. The molecule has 0 unspecified atom stereocenters. The lowest BCUT2D eigenvalue weighted by Gasteiger charge is -2.25. The standard InChI is InChI=1S/C18H19N3O2S/c1-11(19)17(22)21-15-16(12-7-3-2-4-8-12)24-14-10-6-5-9-13(14)20-18(15)23/h2-11,15-16H,19H2,1H3,(H,20,23)(H,21,22)/t11-,15+,16-/m0/s1. The van der Waals surface area contributed by atoms with Crippen LogP contribution < -0.4 is 16.4 Å². The molecule has 0 radical (unpaired) electrons. The van der Waals surface area contributed by atoms with Gasteiger partial charge in [-0.25, -0.2) is 0 Å². The maximum atomic E-state index is 12.7. The molecule has 2 amide bonds. The largest absolute Gasteiger partial charge is 0.342 e. The first-order valence-electron chi connectivity index (χ1n) is 7.73. The summed E-state index contributed by atoms with van der Waals surface area (Å²) in [6.45, 7) is 1.60. The second-order valence-electron chi connectivity index (χ2n) is 5.71. The van der Waals surface area contributed by atoms with Crippen molar-refractivity contribution < 1.29 is 9.59 Å². The number of hydrogen-bond acceptors (Lipinski definition) is 4. The van der Waals surface area contributed by atoms with Crippen molar-refractivity contribution in [1.82, 2.24) is 5.32 Å². The van der Waals surface area contributed by atoms with Crippen LogP contribution in [0, 0.1) is 0 Å². The zero-order chi connectivity index (χ0) is 17.1. The van der Waals surface area contributed by atoms with Gasteiger partial charge in [0.25, 0.3) is 0 Å². The molecule has 0 aromatic heterocycles. The molecule has 2 aromatic rings. The minimum atomic E-state index is -0.705. The monoisotopic (exact) mass is 341 g/mol. The minimum Gasteiger partial charge on any atom is -0.342 e. The molecule has 0 saturated heterocycles. The van der Waals surface area contributed by atoms with E-state index in [1.165, 1.54) is 0 Å². The van der Waals surface area contributed by atoms with Crippen LogP contribution in [-0.2, 0) is 9.59 Å². The maximum Gasteiger partial charge on any atom is 0.248 e. The Morgan fingerprint density at radius 2 is 1.83 bits per heavy atom. The predicted octanol–water partition coefficient (Wildman–Crippen LogP) is 2.30. The van der Waals surface area contributed by atoms with Gasteiger partial charge in [0.1, 0.15) is 6.04 Å². The Labute approximate surface area is 145 Å². The molecule has 0 bridgehead atoms. The molecule has 3 atom stereocenters. The molecule has 0 saturated carbocycles. The first kappa shape index (κ1) is 16.5. The number of nitrogens with one attached hydrogen (secondary N) is 2. The van der Waals surface area contributed by atoms with Crippen LogP contribution in [0.3, 0.4) is 0 Å². The summed E-state index contributed by atoms with van der Waals surface area (Å²) < 4.78 is 0. The Hall–Kier alpha value is -2.31. The molecule has 3 rings (SSSR count). The Balaban J connectivity index is 2.01. The van der Waals surface area contributed by atoms with Gasteiger partial charge in [0.15, 0.2) is 0 Å². The molecule has 1 aliphatic rings. The fourth-order valence-electron chi connectivity index (χ4n) is 2.55. The van der Waals surface area contributed by atoms with Gasteiger partial charge in [0.05, 0.1) is 17.0 Å². The lowest BCUT2D eigenvalue weighted by molar-refractivity contribution is -0.127. The molecular weight excluding hydrogens is 322 g/mol. The Bertz CT molecular complexity index is 749. The van der Waals surface area contributed by atoms with Crippen LogP contribution in [0.5, 0.6) is 0 Å². The predicted molar refractivity (Wildman–Crippen MR) is 95.7 cm³/mol. The van der Waals surface area contributed by atoms with Crippen molar-refractivity contribution in [3.63, 3.8) is 0 Å². The zero-order valence-electron chi connectivity index (χ0n) is 13.2. The van der Waals surface area contributed by atoms with Gasteiger partial charge in [-0.1, -0.05) is 42.5 Å².